The minimum absolute atomic E-state index is 0.0309. The summed E-state index contributed by atoms with van der Waals surface area (Å²) in [5, 5.41) is 13.4. The van der Waals surface area contributed by atoms with Crippen molar-refractivity contribution < 1.29 is 14.3 Å². The van der Waals surface area contributed by atoms with E-state index in [1.165, 1.54) is 11.3 Å². The average Bonchev–Trinajstić information content (AvgIpc) is 3.45. The molecule has 1 atom stereocenters. The van der Waals surface area contributed by atoms with Crippen LogP contribution in [0.5, 0.6) is 5.75 Å². The summed E-state index contributed by atoms with van der Waals surface area (Å²) >= 11 is 0. The molecule has 5 rings (SSSR count). The van der Waals surface area contributed by atoms with Gasteiger partial charge in [0.2, 0.25) is 5.91 Å². The van der Waals surface area contributed by atoms with Crippen LogP contribution < -0.4 is 15.0 Å². The van der Waals surface area contributed by atoms with Crippen LogP contribution in [0.1, 0.15) is 37.0 Å². The van der Waals surface area contributed by atoms with Gasteiger partial charge in [0.1, 0.15) is 23.7 Å². The van der Waals surface area contributed by atoms with Crippen molar-refractivity contribution in [3.05, 3.63) is 71.4 Å². The first-order chi connectivity index (χ1) is 19.4. The largest absolute Gasteiger partial charge is 0.487 e. The van der Waals surface area contributed by atoms with Crippen LogP contribution in [0.25, 0.3) is 11.1 Å². The molecule has 40 heavy (non-hydrogen) atoms. The molecule has 2 aromatic carbocycles. The Kier molecular flexibility index (Phi) is 8.51. The average molecular weight is 540 g/mol. The Hall–Kier alpha value is -4.09. The lowest BCUT2D eigenvalue weighted by Gasteiger charge is -2.28. The summed E-state index contributed by atoms with van der Waals surface area (Å²) in [6, 6.07) is 18.6. The summed E-state index contributed by atoms with van der Waals surface area (Å²) in [4.78, 5) is 21.1. The summed E-state index contributed by atoms with van der Waals surface area (Å²) in [5.41, 5.74) is 5.85. The van der Waals surface area contributed by atoms with E-state index in [0.29, 0.717) is 30.9 Å². The quantitative estimate of drug-likeness (QED) is 0.430. The Morgan fingerprint density at radius 1 is 1.15 bits per heavy atom. The third-order valence-electron chi connectivity index (χ3n) is 7.63. The van der Waals surface area contributed by atoms with Crippen molar-refractivity contribution in [2.24, 2.45) is 5.92 Å². The third-order valence-corrected chi connectivity index (χ3v) is 7.63. The van der Waals surface area contributed by atoms with Gasteiger partial charge < -0.3 is 24.6 Å². The normalized spacial score (nSPS) is 17.1. The fourth-order valence-electron chi connectivity index (χ4n) is 5.32. The molecule has 3 heterocycles. The van der Waals surface area contributed by atoms with Gasteiger partial charge in [0.05, 0.1) is 25.3 Å². The third kappa shape index (κ3) is 6.21. The van der Waals surface area contributed by atoms with Crippen molar-refractivity contribution in [2.75, 3.05) is 49.6 Å². The van der Waals surface area contributed by atoms with E-state index in [1.807, 2.05) is 49.9 Å². The van der Waals surface area contributed by atoms with E-state index in [0.717, 1.165) is 55.2 Å². The first kappa shape index (κ1) is 27.5. The van der Waals surface area contributed by atoms with Gasteiger partial charge in [-0.05, 0) is 59.5 Å². The molecule has 0 spiro atoms. The van der Waals surface area contributed by atoms with E-state index in [-0.39, 0.29) is 17.9 Å². The number of carbonyl (C=O) groups excluding carboxylic acids is 1. The molecule has 0 saturated carbocycles. The van der Waals surface area contributed by atoms with Crippen LogP contribution in [0.4, 0.5) is 11.5 Å². The fraction of sp³-hybridized carbons (Fsp3) is 0.406. The van der Waals surface area contributed by atoms with Gasteiger partial charge in [0, 0.05) is 50.4 Å². The van der Waals surface area contributed by atoms with E-state index in [9.17, 15) is 10.1 Å². The van der Waals surface area contributed by atoms with E-state index in [4.69, 9.17) is 9.47 Å². The summed E-state index contributed by atoms with van der Waals surface area (Å²) in [6.07, 6.45) is 2.45. The standard InChI is InChI=1S/C32H37N5O3/c1-22(2)32(38)37-13-11-28(21-37)40-30-9-6-25(18-26(30)19-33)29-10-12-34-31(23(29)3)35-20-24-4-7-27(8-5-24)36-14-16-39-17-15-36/h4-10,12,18,22,28H,11,13-17,20-21H2,1-3H3,(H,34,35)/t28-/m1/s1. The van der Waals surface area contributed by atoms with Crippen LogP contribution in [0, 0.1) is 24.2 Å². The van der Waals surface area contributed by atoms with Crippen LogP contribution in [0.3, 0.4) is 0 Å². The Bertz CT molecular complexity index is 1380. The number of hydrogen-bond donors (Lipinski definition) is 1. The second-order valence-corrected chi connectivity index (χ2v) is 10.7. The summed E-state index contributed by atoms with van der Waals surface area (Å²) < 4.78 is 11.6. The Balaban J connectivity index is 1.25. The van der Waals surface area contributed by atoms with Gasteiger partial charge >= 0.3 is 0 Å². The molecule has 0 unspecified atom stereocenters. The molecule has 2 saturated heterocycles. The molecule has 2 aliphatic rings. The van der Waals surface area contributed by atoms with Gasteiger partial charge in [-0.1, -0.05) is 32.0 Å². The maximum Gasteiger partial charge on any atom is 0.225 e. The van der Waals surface area contributed by atoms with Crippen molar-refractivity contribution >= 4 is 17.4 Å². The number of nitriles is 1. The summed E-state index contributed by atoms with van der Waals surface area (Å²) in [7, 11) is 0. The Morgan fingerprint density at radius 2 is 1.93 bits per heavy atom. The maximum atomic E-state index is 12.3. The number of aromatic nitrogens is 1. The lowest BCUT2D eigenvalue weighted by Crippen LogP contribution is -2.36. The molecule has 0 radical (unpaired) electrons. The molecule has 8 nitrogen and oxygen atoms in total. The second kappa shape index (κ2) is 12.4. The number of pyridine rings is 1. The van der Waals surface area contributed by atoms with Gasteiger partial charge in [-0.15, -0.1) is 0 Å². The van der Waals surface area contributed by atoms with Crippen LogP contribution in [-0.4, -0.2) is 61.3 Å². The zero-order valence-electron chi connectivity index (χ0n) is 23.5. The summed E-state index contributed by atoms with van der Waals surface area (Å²) in [6.45, 7) is 11.2. The van der Waals surface area contributed by atoms with Crippen molar-refractivity contribution in [3.63, 3.8) is 0 Å². The number of morpholine rings is 1. The second-order valence-electron chi connectivity index (χ2n) is 10.7. The fourth-order valence-corrected chi connectivity index (χ4v) is 5.32. The lowest BCUT2D eigenvalue weighted by molar-refractivity contribution is -0.133. The smallest absolute Gasteiger partial charge is 0.225 e. The van der Waals surface area contributed by atoms with E-state index in [2.05, 4.69) is 45.5 Å². The van der Waals surface area contributed by atoms with Crippen LogP contribution in [-0.2, 0) is 16.1 Å². The van der Waals surface area contributed by atoms with E-state index in [1.54, 1.807) is 6.20 Å². The predicted molar refractivity (Wildman–Crippen MR) is 156 cm³/mol. The van der Waals surface area contributed by atoms with Crippen LogP contribution in [0.15, 0.2) is 54.7 Å². The molecule has 8 heteroatoms. The van der Waals surface area contributed by atoms with Crippen LogP contribution in [0.2, 0.25) is 0 Å². The number of likely N-dealkylation sites (tertiary alicyclic amines) is 1. The number of carbonyl (C=O) groups is 1. The molecule has 0 aliphatic carbocycles. The van der Waals surface area contributed by atoms with Gasteiger partial charge in [-0.25, -0.2) is 4.98 Å². The molecule has 2 fully saturated rings. The summed E-state index contributed by atoms with van der Waals surface area (Å²) in [5.74, 6) is 1.48. The van der Waals surface area contributed by atoms with Gasteiger partial charge in [-0.2, -0.15) is 5.26 Å². The first-order valence-electron chi connectivity index (χ1n) is 14.0. The number of nitrogens with one attached hydrogen (secondary N) is 1. The highest BCUT2D eigenvalue weighted by Crippen LogP contribution is 2.32. The number of hydrogen-bond acceptors (Lipinski definition) is 7. The van der Waals surface area contributed by atoms with E-state index >= 15 is 0 Å². The highest BCUT2D eigenvalue weighted by molar-refractivity contribution is 5.78. The monoisotopic (exact) mass is 539 g/mol. The maximum absolute atomic E-state index is 12.3. The van der Waals surface area contributed by atoms with Crippen molar-refractivity contribution in [2.45, 2.75) is 39.8 Å². The number of anilines is 2. The Labute approximate surface area is 236 Å². The topological polar surface area (TPSA) is 90.7 Å². The van der Waals surface area contributed by atoms with Gasteiger partial charge in [0.15, 0.2) is 0 Å². The highest BCUT2D eigenvalue weighted by Gasteiger charge is 2.29. The molecular weight excluding hydrogens is 502 g/mol. The zero-order chi connectivity index (χ0) is 28.1. The molecular formula is C32H37N5O3. The highest BCUT2D eigenvalue weighted by atomic mass is 16.5. The van der Waals surface area contributed by atoms with Crippen molar-refractivity contribution in [1.29, 1.82) is 5.26 Å². The first-order valence-corrected chi connectivity index (χ1v) is 14.0. The number of ether oxygens (including phenoxy) is 2. The molecule has 1 aromatic heterocycles. The lowest BCUT2D eigenvalue weighted by atomic mass is 9.99. The number of benzene rings is 2. The van der Waals surface area contributed by atoms with Crippen LogP contribution >= 0.6 is 0 Å². The molecule has 3 aromatic rings. The molecule has 1 amide bonds. The minimum atomic E-state index is -0.109. The molecule has 1 N–H and O–H groups in total. The number of nitrogens with zero attached hydrogens (tertiary/aromatic N) is 4. The minimum Gasteiger partial charge on any atom is -0.487 e. The SMILES string of the molecule is Cc1c(-c2ccc(O[C@@H]3CCN(C(=O)C(C)C)C3)c(C#N)c2)ccnc1NCc1ccc(N2CCOCC2)cc1. The molecule has 2 aliphatic heterocycles. The zero-order valence-corrected chi connectivity index (χ0v) is 23.5. The number of amides is 1. The van der Waals surface area contributed by atoms with Gasteiger partial charge in [0.25, 0.3) is 0 Å². The Morgan fingerprint density at radius 3 is 2.65 bits per heavy atom. The van der Waals surface area contributed by atoms with Gasteiger partial charge in [-0.3, -0.25) is 4.79 Å². The molecule has 208 valence electrons. The van der Waals surface area contributed by atoms with E-state index < -0.39 is 0 Å². The molecule has 0 bridgehead atoms. The predicted octanol–water partition coefficient (Wildman–Crippen LogP) is 5.01. The van der Waals surface area contributed by atoms with Crippen molar-refractivity contribution in [3.8, 4) is 22.9 Å². The van der Waals surface area contributed by atoms with Crippen molar-refractivity contribution in [1.82, 2.24) is 9.88 Å². The number of rotatable bonds is 8.